The van der Waals surface area contributed by atoms with Gasteiger partial charge in [0.1, 0.15) is 11.5 Å². The Morgan fingerprint density at radius 2 is 1.96 bits per heavy atom. The first-order valence-electron chi connectivity index (χ1n) is 9.18. The summed E-state index contributed by atoms with van der Waals surface area (Å²) in [4.78, 5) is 37.8. The predicted octanol–water partition coefficient (Wildman–Crippen LogP) is 1.41. The second-order valence-corrected chi connectivity index (χ2v) is 7.53. The van der Waals surface area contributed by atoms with E-state index >= 15 is 0 Å². The van der Waals surface area contributed by atoms with Crippen LogP contribution >= 0.6 is 0 Å². The van der Waals surface area contributed by atoms with Crippen LogP contribution in [0.25, 0.3) is 0 Å². The summed E-state index contributed by atoms with van der Waals surface area (Å²) in [6, 6.07) is -0.636. The molecule has 2 fully saturated rings. The van der Waals surface area contributed by atoms with E-state index in [9.17, 15) is 19.5 Å². The van der Waals surface area contributed by atoms with Gasteiger partial charge in [0.25, 0.3) is 0 Å². The number of ether oxygens (including phenoxy) is 1. The van der Waals surface area contributed by atoms with Crippen LogP contribution in [0.4, 0.5) is 0 Å². The van der Waals surface area contributed by atoms with E-state index in [2.05, 4.69) is 5.32 Å². The number of aliphatic carboxylic acids is 1. The lowest BCUT2D eigenvalue weighted by molar-refractivity contribution is -0.152. The molecule has 2 aliphatic rings. The highest BCUT2D eigenvalue weighted by molar-refractivity contribution is 5.88. The van der Waals surface area contributed by atoms with Gasteiger partial charge < -0.3 is 20.1 Å². The molecule has 0 aromatic rings. The van der Waals surface area contributed by atoms with Gasteiger partial charge in [-0.1, -0.05) is 19.3 Å². The molecule has 25 heavy (non-hydrogen) atoms. The van der Waals surface area contributed by atoms with Gasteiger partial charge in [-0.15, -0.1) is 0 Å². The van der Waals surface area contributed by atoms with Gasteiger partial charge in [0.05, 0.1) is 6.61 Å². The molecule has 142 valence electrons. The molecule has 1 saturated heterocycles. The summed E-state index contributed by atoms with van der Waals surface area (Å²) in [6.45, 7) is 2.24. The van der Waals surface area contributed by atoms with E-state index in [4.69, 9.17) is 4.74 Å². The molecule has 2 N–H and O–H groups in total. The molecule has 7 heteroatoms. The lowest BCUT2D eigenvalue weighted by Crippen LogP contribution is -2.48. The van der Waals surface area contributed by atoms with Crippen LogP contribution in [-0.4, -0.2) is 60.6 Å². The third-order valence-electron chi connectivity index (χ3n) is 5.49. The largest absolute Gasteiger partial charge is 0.481 e. The monoisotopic (exact) mass is 354 g/mol. The number of carboxylic acid groups (broad SMARTS) is 1. The number of carbonyl (C=O) groups excluding carboxylic acids is 2. The van der Waals surface area contributed by atoms with Crippen LogP contribution in [0.1, 0.15) is 51.9 Å². The van der Waals surface area contributed by atoms with Gasteiger partial charge in [-0.05, 0) is 32.1 Å². The molecule has 0 aromatic heterocycles. The van der Waals surface area contributed by atoms with Gasteiger partial charge >= 0.3 is 5.97 Å². The number of carbonyl (C=O) groups is 3. The molecule has 0 bridgehead atoms. The number of carboxylic acids is 1. The van der Waals surface area contributed by atoms with Crippen LogP contribution < -0.4 is 5.32 Å². The Labute approximate surface area is 149 Å². The van der Waals surface area contributed by atoms with Gasteiger partial charge in [0.15, 0.2) is 0 Å². The second-order valence-electron chi connectivity index (χ2n) is 7.53. The van der Waals surface area contributed by atoms with E-state index in [1.807, 2.05) is 0 Å². The second kappa shape index (κ2) is 8.65. The zero-order chi connectivity index (χ0) is 18.4. The maximum Gasteiger partial charge on any atom is 0.313 e. The lowest BCUT2D eigenvalue weighted by atomic mass is 9.87. The molecule has 1 heterocycles. The normalized spacial score (nSPS) is 25.6. The highest BCUT2D eigenvalue weighted by Gasteiger charge is 2.47. The molecular formula is C18H30N2O5. The first kappa shape index (κ1) is 19.7. The summed E-state index contributed by atoms with van der Waals surface area (Å²) < 4.78 is 5.04. The average Bonchev–Trinajstić information content (AvgIpc) is 3.01. The molecule has 2 unspecified atom stereocenters. The van der Waals surface area contributed by atoms with Crippen molar-refractivity contribution in [3.8, 4) is 0 Å². The van der Waals surface area contributed by atoms with E-state index in [1.165, 1.54) is 31.3 Å². The zero-order valence-corrected chi connectivity index (χ0v) is 15.3. The average molecular weight is 354 g/mol. The van der Waals surface area contributed by atoms with E-state index in [-0.39, 0.29) is 25.0 Å². The fraction of sp³-hybridized carbons (Fsp3) is 0.833. The standard InChI is InChI=1S/C18H30N2O5/c1-13(19-15(21)10-14-6-4-3-5-7-14)16(22)20-9-8-18(11-20,12-25-2)17(23)24/h13-14H,3-12H2,1-2H3,(H,19,21)(H,23,24). The SMILES string of the molecule is COCC1(C(=O)O)CCN(C(=O)C(C)NC(=O)CC2CCCCC2)C1. The molecule has 1 aliphatic heterocycles. The molecule has 1 saturated carbocycles. The van der Waals surface area contributed by atoms with Crippen molar-refractivity contribution in [1.29, 1.82) is 0 Å². The molecule has 2 atom stereocenters. The molecule has 7 nitrogen and oxygen atoms in total. The Morgan fingerprint density at radius 3 is 2.56 bits per heavy atom. The smallest absolute Gasteiger partial charge is 0.313 e. The number of methoxy groups -OCH3 is 1. The third kappa shape index (κ3) is 4.93. The van der Waals surface area contributed by atoms with E-state index in [0.717, 1.165) is 12.8 Å². The van der Waals surface area contributed by atoms with Crippen molar-refractivity contribution < 1.29 is 24.2 Å². The van der Waals surface area contributed by atoms with Crippen LogP contribution in [0.2, 0.25) is 0 Å². The Morgan fingerprint density at radius 1 is 1.28 bits per heavy atom. The number of rotatable bonds is 7. The molecule has 1 aliphatic carbocycles. The van der Waals surface area contributed by atoms with E-state index in [1.54, 1.807) is 6.92 Å². The van der Waals surface area contributed by atoms with Crippen molar-refractivity contribution in [1.82, 2.24) is 10.2 Å². The first-order valence-corrected chi connectivity index (χ1v) is 9.18. The Kier molecular flexibility index (Phi) is 6.81. The summed E-state index contributed by atoms with van der Waals surface area (Å²) >= 11 is 0. The zero-order valence-electron chi connectivity index (χ0n) is 15.3. The van der Waals surface area contributed by atoms with E-state index < -0.39 is 17.4 Å². The first-order chi connectivity index (χ1) is 11.9. The van der Waals surface area contributed by atoms with Gasteiger partial charge in [-0.25, -0.2) is 0 Å². The van der Waals surface area contributed by atoms with Crippen LogP contribution in [0.15, 0.2) is 0 Å². The Balaban J connectivity index is 1.85. The van der Waals surface area contributed by atoms with Gasteiger partial charge in [0, 0.05) is 26.6 Å². The van der Waals surface area contributed by atoms with Crippen molar-refractivity contribution in [3.05, 3.63) is 0 Å². The highest BCUT2D eigenvalue weighted by Crippen LogP contribution is 2.31. The quantitative estimate of drug-likeness (QED) is 0.721. The summed E-state index contributed by atoms with van der Waals surface area (Å²) in [5.74, 6) is -0.840. The number of amides is 2. The lowest BCUT2D eigenvalue weighted by Gasteiger charge is -2.26. The molecular weight excluding hydrogens is 324 g/mol. The van der Waals surface area contributed by atoms with Crippen molar-refractivity contribution in [3.63, 3.8) is 0 Å². The molecule has 0 spiro atoms. The topological polar surface area (TPSA) is 95.9 Å². The van der Waals surface area contributed by atoms with E-state index in [0.29, 0.717) is 25.3 Å². The number of nitrogens with zero attached hydrogens (tertiary/aromatic N) is 1. The van der Waals surface area contributed by atoms with Crippen molar-refractivity contribution in [2.24, 2.45) is 11.3 Å². The van der Waals surface area contributed by atoms with Crippen molar-refractivity contribution in [2.75, 3.05) is 26.8 Å². The Hall–Kier alpha value is -1.63. The minimum Gasteiger partial charge on any atom is -0.481 e. The van der Waals surface area contributed by atoms with Crippen molar-refractivity contribution >= 4 is 17.8 Å². The van der Waals surface area contributed by atoms with Crippen LogP contribution in [-0.2, 0) is 19.1 Å². The maximum atomic E-state index is 12.6. The molecule has 2 amide bonds. The fourth-order valence-electron chi connectivity index (χ4n) is 3.98. The molecule has 0 aromatic carbocycles. The van der Waals surface area contributed by atoms with Gasteiger partial charge in [-0.2, -0.15) is 0 Å². The summed E-state index contributed by atoms with van der Waals surface area (Å²) in [7, 11) is 1.46. The van der Waals surface area contributed by atoms with Crippen LogP contribution in [0.5, 0.6) is 0 Å². The number of hydrogen-bond donors (Lipinski definition) is 2. The van der Waals surface area contributed by atoms with Crippen molar-refractivity contribution in [2.45, 2.75) is 57.9 Å². The van der Waals surface area contributed by atoms with Gasteiger partial charge in [-0.3, -0.25) is 14.4 Å². The summed E-state index contributed by atoms with van der Waals surface area (Å²) in [6.07, 6.45) is 6.60. The van der Waals surface area contributed by atoms with Crippen LogP contribution in [0.3, 0.4) is 0 Å². The highest BCUT2D eigenvalue weighted by atomic mass is 16.5. The summed E-state index contributed by atoms with van der Waals surface area (Å²) in [5.41, 5.74) is -1.05. The summed E-state index contributed by atoms with van der Waals surface area (Å²) in [5, 5.41) is 12.3. The minimum atomic E-state index is -1.05. The predicted molar refractivity (Wildman–Crippen MR) is 91.9 cm³/mol. The Bertz CT molecular complexity index is 504. The van der Waals surface area contributed by atoms with Crippen LogP contribution in [0, 0.1) is 11.3 Å². The van der Waals surface area contributed by atoms with Gasteiger partial charge in [0.2, 0.25) is 11.8 Å². The molecule has 2 rings (SSSR count). The number of nitrogens with one attached hydrogen (secondary N) is 1. The maximum absolute atomic E-state index is 12.6. The molecule has 0 radical (unpaired) electrons. The third-order valence-corrected chi connectivity index (χ3v) is 5.49. The number of hydrogen-bond acceptors (Lipinski definition) is 4. The fourth-order valence-corrected chi connectivity index (χ4v) is 3.98. The minimum absolute atomic E-state index is 0.0779. The number of likely N-dealkylation sites (tertiary alicyclic amines) is 1.